The van der Waals surface area contributed by atoms with E-state index in [0.717, 1.165) is 12.3 Å². The molecule has 18 heavy (non-hydrogen) atoms. The molecule has 1 rings (SSSR count). The van der Waals surface area contributed by atoms with Crippen molar-refractivity contribution < 1.29 is 4.79 Å². The van der Waals surface area contributed by atoms with Crippen LogP contribution in [0.1, 0.15) is 17.5 Å². The van der Waals surface area contributed by atoms with Gasteiger partial charge in [0.1, 0.15) is 0 Å². The fraction of sp³-hybridized carbons (Fsp3) is 0.500. The molecule has 0 aliphatic rings. The monoisotopic (exact) mass is 266 g/mol. The molecule has 0 bridgehead atoms. The number of hydrogen-bond acceptors (Lipinski definition) is 3. The van der Waals surface area contributed by atoms with Crippen LogP contribution in [0.3, 0.4) is 0 Å². The van der Waals surface area contributed by atoms with Crippen molar-refractivity contribution in [1.29, 1.82) is 0 Å². The van der Waals surface area contributed by atoms with Crippen molar-refractivity contribution in [2.24, 2.45) is 0 Å². The number of nitrogens with one attached hydrogen (secondary N) is 2. The van der Waals surface area contributed by atoms with E-state index in [1.54, 1.807) is 11.8 Å². The second kappa shape index (κ2) is 8.16. The molecule has 1 aromatic rings. The normalized spacial score (nSPS) is 10.4. The molecule has 0 aliphatic carbocycles. The minimum Gasteiger partial charge on any atom is -0.355 e. The molecule has 0 unspecified atom stereocenters. The molecular formula is C14H22N2OS. The Morgan fingerprint density at radius 2 is 2.00 bits per heavy atom. The number of likely N-dealkylation sites (N-methyl/N-ethyl adjacent to an activating group) is 1. The number of aryl methyl sites for hydroxylation is 2. The molecule has 100 valence electrons. The van der Waals surface area contributed by atoms with Crippen molar-refractivity contribution in [2.75, 3.05) is 25.9 Å². The number of rotatable bonds is 7. The third-order valence-electron chi connectivity index (χ3n) is 2.77. The first-order valence-corrected chi connectivity index (χ1v) is 7.23. The van der Waals surface area contributed by atoms with Gasteiger partial charge in [-0.2, -0.15) is 0 Å². The molecule has 0 radical (unpaired) electrons. The van der Waals surface area contributed by atoms with E-state index in [1.165, 1.54) is 16.0 Å². The largest absolute Gasteiger partial charge is 0.355 e. The molecule has 0 saturated heterocycles. The molecule has 4 heteroatoms. The van der Waals surface area contributed by atoms with Crippen molar-refractivity contribution in [3.05, 3.63) is 29.3 Å². The van der Waals surface area contributed by atoms with Gasteiger partial charge in [0.25, 0.3) is 0 Å². The average molecular weight is 266 g/mol. The Bertz CT molecular complexity index is 393. The molecule has 2 N–H and O–H groups in total. The maximum absolute atomic E-state index is 11.5. The smallest absolute Gasteiger partial charge is 0.220 e. The van der Waals surface area contributed by atoms with Crippen LogP contribution in [0.25, 0.3) is 0 Å². The van der Waals surface area contributed by atoms with Gasteiger partial charge in [-0.15, -0.1) is 11.8 Å². The molecule has 0 atom stereocenters. The van der Waals surface area contributed by atoms with Gasteiger partial charge in [-0.05, 0) is 44.2 Å². The van der Waals surface area contributed by atoms with Crippen LogP contribution in [0.5, 0.6) is 0 Å². The van der Waals surface area contributed by atoms with Crippen molar-refractivity contribution in [1.82, 2.24) is 10.6 Å². The Morgan fingerprint density at radius 1 is 1.22 bits per heavy atom. The van der Waals surface area contributed by atoms with Crippen LogP contribution < -0.4 is 10.6 Å². The Labute approximate surface area is 114 Å². The van der Waals surface area contributed by atoms with E-state index >= 15 is 0 Å². The minimum atomic E-state index is 0.126. The molecular weight excluding hydrogens is 244 g/mol. The highest BCUT2D eigenvalue weighted by molar-refractivity contribution is 7.99. The lowest BCUT2D eigenvalue weighted by Gasteiger charge is -2.06. The molecule has 0 spiro atoms. The third kappa shape index (κ3) is 5.56. The summed E-state index contributed by atoms with van der Waals surface area (Å²) in [5, 5.41) is 5.87. The highest BCUT2D eigenvalue weighted by Crippen LogP contribution is 2.21. The summed E-state index contributed by atoms with van der Waals surface area (Å²) in [6.07, 6.45) is 0.571. The van der Waals surface area contributed by atoms with Gasteiger partial charge < -0.3 is 10.6 Å². The summed E-state index contributed by atoms with van der Waals surface area (Å²) in [5.41, 5.74) is 2.61. The summed E-state index contributed by atoms with van der Waals surface area (Å²) in [5.74, 6) is 0.954. The van der Waals surface area contributed by atoms with E-state index in [0.29, 0.717) is 13.0 Å². The summed E-state index contributed by atoms with van der Waals surface area (Å²) in [4.78, 5) is 12.7. The van der Waals surface area contributed by atoms with Gasteiger partial charge >= 0.3 is 0 Å². The zero-order chi connectivity index (χ0) is 13.4. The fourth-order valence-electron chi connectivity index (χ4n) is 1.48. The van der Waals surface area contributed by atoms with Gasteiger partial charge in [0.05, 0.1) is 0 Å². The van der Waals surface area contributed by atoms with Crippen molar-refractivity contribution in [2.45, 2.75) is 25.2 Å². The predicted octanol–water partition coefficient (Wildman–Crippen LogP) is 2.12. The quantitative estimate of drug-likeness (QED) is 0.587. The summed E-state index contributed by atoms with van der Waals surface area (Å²) in [6.45, 7) is 5.74. The third-order valence-corrected chi connectivity index (χ3v) is 3.77. The van der Waals surface area contributed by atoms with Gasteiger partial charge in [0.2, 0.25) is 5.91 Å². The van der Waals surface area contributed by atoms with Crippen LogP contribution >= 0.6 is 11.8 Å². The molecule has 0 aromatic heterocycles. The van der Waals surface area contributed by atoms with E-state index in [1.807, 2.05) is 7.05 Å². The Hall–Kier alpha value is -1.00. The number of benzene rings is 1. The first kappa shape index (κ1) is 15.1. The van der Waals surface area contributed by atoms with E-state index in [-0.39, 0.29) is 5.91 Å². The minimum absolute atomic E-state index is 0.126. The zero-order valence-corrected chi connectivity index (χ0v) is 12.2. The Balaban J connectivity index is 2.24. The molecule has 1 aromatic carbocycles. The van der Waals surface area contributed by atoms with Crippen molar-refractivity contribution >= 4 is 17.7 Å². The van der Waals surface area contributed by atoms with Gasteiger partial charge in [0, 0.05) is 30.2 Å². The van der Waals surface area contributed by atoms with Crippen molar-refractivity contribution in [3.8, 4) is 0 Å². The van der Waals surface area contributed by atoms with E-state index in [9.17, 15) is 4.79 Å². The lowest BCUT2D eigenvalue weighted by atomic mass is 10.1. The molecule has 1 amide bonds. The summed E-state index contributed by atoms with van der Waals surface area (Å²) in [6, 6.07) is 6.43. The molecule has 0 saturated carbocycles. The van der Waals surface area contributed by atoms with Crippen LogP contribution in [-0.2, 0) is 4.79 Å². The predicted molar refractivity (Wildman–Crippen MR) is 78.2 cm³/mol. The molecule has 3 nitrogen and oxygen atoms in total. The Morgan fingerprint density at radius 3 is 2.67 bits per heavy atom. The van der Waals surface area contributed by atoms with Crippen LogP contribution in [0.15, 0.2) is 23.1 Å². The SMILES string of the molecule is CNCCNC(=O)CCSc1ccc(C)c(C)c1. The highest BCUT2D eigenvalue weighted by atomic mass is 32.2. The number of amides is 1. The lowest BCUT2D eigenvalue weighted by molar-refractivity contribution is -0.120. The van der Waals surface area contributed by atoms with E-state index < -0.39 is 0 Å². The summed E-state index contributed by atoms with van der Waals surface area (Å²) in [7, 11) is 1.88. The lowest BCUT2D eigenvalue weighted by Crippen LogP contribution is -2.30. The second-order valence-corrected chi connectivity index (χ2v) is 5.47. The van der Waals surface area contributed by atoms with Crippen LogP contribution in [-0.4, -0.2) is 31.8 Å². The topological polar surface area (TPSA) is 41.1 Å². The number of hydrogen-bond donors (Lipinski definition) is 2. The average Bonchev–Trinajstić information content (AvgIpc) is 2.34. The van der Waals surface area contributed by atoms with E-state index in [2.05, 4.69) is 42.7 Å². The summed E-state index contributed by atoms with van der Waals surface area (Å²) >= 11 is 1.73. The maximum atomic E-state index is 11.5. The van der Waals surface area contributed by atoms with Crippen LogP contribution in [0.2, 0.25) is 0 Å². The summed E-state index contributed by atoms with van der Waals surface area (Å²) < 4.78 is 0. The van der Waals surface area contributed by atoms with Gasteiger partial charge in [-0.25, -0.2) is 0 Å². The first-order chi connectivity index (χ1) is 8.63. The fourth-order valence-corrected chi connectivity index (χ4v) is 2.43. The standard InChI is InChI=1S/C14H22N2OS/c1-11-4-5-13(10-12(11)2)18-9-6-14(17)16-8-7-15-3/h4-5,10,15H,6-9H2,1-3H3,(H,16,17). The van der Waals surface area contributed by atoms with Crippen molar-refractivity contribution in [3.63, 3.8) is 0 Å². The number of carbonyl (C=O) groups is 1. The van der Waals surface area contributed by atoms with Gasteiger partial charge in [0.15, 0.2) is 0 Å². The second-order valence-electron chi connectivity index (χ2n) is 4.30. The highest BCUT2D eigenvalue weighted by Gasteiger charge is 2.02. The molecule has 0 fully saturated rings. The van der Waals surface area contributed by atoms with E-state index in [4.69, 9.17) is 0 Å². The zero-order valence-electron chi connectivity index (χ0n) is 11.4. The van der Waals surface area contributed by atoms with Crippen LogP contribution in [0, 0.1) is 13.8 Å². The van der Waals surface area contributed by atoms with Gasteiger partial charge in [-0.3, -0.25) is 4.79 Å². The Kier molecular flexibility index (Phi) is 6.83. The van der Waals surface area contributed by atoms with Crippen LogP contribution in [0.4, 0.5) is 0 Å². The molecule has 0 heterocycles. The van der Waals surface area contributed by atoms with Gasteiger partial charge in [-0.1, -0.05) is 6.07 Å². The number of carbonyl (C=O) groups excluding carboxylic acids is 1. The number of thioether (sulfide) groups is 1. The maximum Gasteiger partial charge on any atom is 0.220 e. The first-order valence-electron chi connectivity index (χ1n) is 6.25. The molecule has 0 aliphatic heterocycles.